The second-order valence-corrected chi connectivity index (χ2v) is 28.2. The molecule has 64 heavy (non-hydrogen) atoms. The number of halogens is 1. The molecule has 0 aromatic heterocycles. The van der Waals surface area contributed by atoms with Gasteiger partial charge in [-0.15, -0.1) is 0 Å². The van der Waals surface area contributed by atoms with Crippen LogP contribution < -0.4 is 0 Å². The Morgan fingerprint density at radius 3 is 2.27 bits per heavy atom. The van der Waals surface area contributed by atoms with Crippen molar-refractivity contribution in [2.45, 2.75) is 244 Å². The fourth-order valence-electron chi connectivity index (χ4n) is 11.2. The molecule has 6 heterocycles. The van der Waals surface area contributed by atoms with Crippen LogP contribution in [0.3, 0.4) is 0 Å². The van der Waals surface area contributed by atoms with E-state index in [1.807, 2.05) is 0 Å². The second-order valence-electron chi connectivity index (χ2n) is 22.7. The van der Waals surface area contributed by atoms with Crippen LogP contribution in [0, 0.1) is 35.5 Å². The van der Waals surface area contributed by atoms with Crippen LogP contribution in [0.25, 0.3) is 0 Å². The van der Waals surface area contributed by atoms with Crippen molar-refractivity contribution in [3.05, 3.63) is 34.5 Å². The lowest BCUT2D eigenvalue weighted by Gasteiger charge is -2.53. The molecule has 0 aromatic carbocycles. The van der Waals surface area contributed by atoms with E-state index in [9.17, 15) is 4.79 Å². The van der Waals surface area contributed by atoms with Crippen LogP contribution in [0.1, 0.15) is 152 Å². The molecule has 6 rings (SSSR count). The molecule has 0 amide bonds. The van der Waals surface area contributed by atoms with Crippen molar-refractivity contribution in [3.63, 3.8) is 0 Å². The highest BCUT2D eigenvalue weighted by Crippen LogP contribution is 2.46. The molecule has 0 bridgehead atoms. The fraction of sp³-hybridized carbons (Fsp3) is 0.868. The summed E-state index contributed by atoms with van der Waals surface area (Å²) in [5.41, 5.74) is 2.35. The van der Waals surface area contributed by atoms with Gasteiger partial charge in [0.25, 0.3) is 0 Å². The van der Waals surface area contributed by atoms with Gasteiger partial charge in [0.2, 0.25) is 0 Å². The first kappa shape index (κ1) is 52.9. The van der Waals surface area contributed by atoms with E-state index < -0.39 is 8.32 Å². The predicted molar refractivity (Wildman–Crippen MR) is 267 cm³/mol. The summed E-state index contributed by atoms with van der Waals surface area (Å²) in [4.78, 5) is 14.3. The molecule has 0 unspecified atom stereocenters. The number of Topliss-reactive ketones (excluding diaryl/α,β-unsaturated/α-hetero) is 1. The van der Waals surface area contributed by atoms with Gasteiger partial charge in [-0.05, 0) is 115 Å². The summed E-state index contributed by atoms with van der Waals surface area (Å²) in [6.45, 7) is 35.9. The first-order valence-corrected chi connectivity index (χ1v) is 29.8. The SMILES string of the molecule is C=C1C[C@H](CCC2OCCCO2)O[C@H]1CC[C@H]1C[C@@H](C)C(=C)[C@@H](C[C@@H]2O[C@H](C[C@H](C)CC)[C@H](C)[C@H]2CC(=O)C[C@H]2CC[C@@H]3O[C@@H]([C@@H](C)/C=C/I)[C@@H](O[Si](C)(C)C(C)(C)C)[C@@H](C)[C@H]3O2)O1. The van der Waals surface area contributed by atoms with Crippen molar-refractivity contribution < 1.29 is 42.4 Å². The Labute approximate surface area is 403 Å². The molecule has 6 aliphatic heterocycles. The number of hydrogen-bond donors (Lipinski definition) is 0. The molecule has 6 saturated heterocycles. The standard InChI is InChI=1S/C53H89IO9Si/c1-14-32(2)26-46-37(7)43(30-39(55)29-42-17-20-45-51(60-42)38(8)52(50(62-45)33(3)22-23-54)63-64(12,13)53(9,10)11)48(61-46)31-47-36(6)34(4)27-40(59-47)16-19-44-35(5)28-41(58-44)18-21-49-56-24-15-25-57-49/h22-23,32-34,37-38,40-52H,5-6,14-21,24-31H2,1-4,7-13H3/b23-22+/t32-,33+,34-,37-,38+,40+,41+,42-,43-,44+,45+,46-,47-,48+,50+,51-,52+/m1/s1. The van der Waals surface area contributed by atoms with E-state index in [2.05, 4.69) is 121 Å². The van der Waals surface area contributed by atoms with E-state index in [4.69, 9.17) is 37.6 Å². The number of rotatable bonds is 19. The maximum absolute atomic E-state index is 14.3. The summed E-state index contributed by atoms with van der Waals surface area (Å²) >= 11 is 2.31. The van der Waals surface area contributed by atoms with E-state index >= 15 is 0 Å². The summed E-state index contributed by atoms with van der Waals surface area (Å²) in [7, 11) is -2.10. The van der Waals surface area contributed by atoms with Gasteiger partial charge in [-0.2, -0.15) is 0 Å². The number of carbonyl (C=O) groups excluding carboxylic acids is 1. The molecule has 0 radical (unpaired) electrons. The molecule has 0 N–H and O–H groups in total. The number of ether oxygens (including phenoxy) is 7. The third-order valence-electron chi connectivity index (χ3n) is 16.8. The largest absolute Gasteiger partial charge is 0.411 e. The fourth-order valence-corrected chi connectivity index (χ4v) is 13.3. The molecule has 0 aromatic rings. The lowest BCUT2D eigenvalue weighted by atomic mass is 9.78. The van der Waals surface area contributed by atoms with E-state index in [0.29, 0.717) is 24.7 Å². The molecule has 0 aliphatic carbocycles. The van der Waals surface area contributed by atoms with Crippen LogP contribution in [0.2, 0.25) is 18.1 Å². The number of fused-ring (bicyclic) bond motifs is 1. The smallest absolute Gasteiger partial charge is 0.192 e. The van der Waals surface area contributed by atoms with Crippen LogP contribution in [0.15, 0.2) is 34.5 Å². The normalized spacial score (nSPS) is 39.0. The van der Waals surface area contributed by atoms with E-state index in [1.165, 1.54) is 5.57 Å². The zero-order valence-corrected chi connectivity index (χ0v) is 45.0. The zero-order chi connectivity index (χ0) is 46.5. The molecular formula is C53H89IO9Si. The van der Waals surface area contributed by atoms with Gasteiger partial charge >= 0.3 is 0 Å². The Bertz CT molecular complexity index is 1560. The molecule has 6 aliphatic rings. The van der Waals surface area contributed by atoms with Gasteiger partial charge in [-0.25, -0.2) is 0 Å². The number of carbonyl (C=O) groups is 1. The quantitative estimate of drug-likeness (QED) is 0.0713. The van der Waals surface area contributed by atoms with Crippen LogP contribution in [-0.4, -0.2) is 101 Å². The third-order valence-corrected chi connectivity index (χ3v) is 21.7. The van der Waals surface area contributed by atoms with Gasteiger partial charge < -0.3 is 37.6 Å². The van der Waals surface area contributed by atoms with Crippen molar-refractivity contribution in [1.82, 2.24) is 0 Å². The van der Waals surface area contributed by atoms with Crippen molar-refractivity contribution in [1.29, 1.82) is 0 Å². The van der Waals surface area contributed by atoms with Crippen molar-refractivity contribution in [3.8, 4) is 0 Å². The maximum Gasteiger partial charge on any atom is 0.192 e. The summed E-state index contributed by atoms with van der Waals surface area (Å²) < 4.78 is 55.3. The first-order chi connectivity index (χ1) is 30.3. The average molecular weight is 1030 g/mol. The topological polar surface area (TPSA) is 90.9 Å². The van der Waals surface area contributed by atoms with Crippen molar-refractivity contribution >= 4 is 36.7 Å². The summed E-state index contributed by atoms with van der Waals surface area (Å²) in [6.07, 6.45) is 14.1. The minimum atomic E-state index is -2.10. The Morgan fingerprint density at radius 1 is 0.875 bits per heavy atom. The van der Waals surface area contributed by atoms with Gasteiger partial charge in [-0.1, -0.05) is 111 Å². The molecule has 6 fully saturated rings. The minimum absolute atomic E-state index is 0.00268. The lowest BCUT2D eigenvalue weighted by Crippen LogP contribution is -2.61. The Morgan fingerprint density at radius 2 is 1.58 bits per heavy atom. The number of hydrogen-bond acceptors (Lipinski definition) is 9. The van der Waals surface area contributed by atoms with Crippen molar-refractivity contribution in [2.75, 3.05) is 13.2 Å². The Kier molecular flexibility index (Phi) is 19.3. The summed E-state index contributed by atoms with van der Waals surface area (Å²) in [5, 5.41) is 0.0770. The predicted octanol–water partition coefficient (Wildman–Crippen LogP) is 12.5. The highest BCUT2D eigenvalue weighted by molar-refractivity contribution is 14.1. The Balaban J connectivity index is 1.06. The minimum Gasteiger partial charge on any atom is -0.411 e. The van der Waals surface area contributed by atoms with Gasteiger partial charge in [-0.3, -0.25) is 4.79 Å². The van der Waals surface area contributed by atoms with Gasteiger partial charge in [0.1, 0.15) is 5.78 Å². The summed E-state index contributed by atoms with van der Waals surface area (Å²) in [6, 6.07) is 0. The van der Waals surface area contributed by atoms with Crippen LogP contribution in [0.4, 0.5) is 0 Å². The molecule has 9 nitrogen and oxygen atoms in total. The van der Waals surface area contributed by atoms with Gasteiger partial charge in [0.05, 0.1) is 80.4 Å². The van der Waals surface area contributed by atoms with Crippen LogP contribution in [-0.2, 0) is 42.4 Å². The highest BCUT2D eigenvalue weighted by Gasteiger charge is 2.52. The van der Waals surface area contributed by atoms with Crippen LogP contribution >= 0.6 is 22.6 Å². The van der Waals surface area contributed by atoms with Gasteiger partial charge in [0, 0.05) is 37.5 Å². The second kappa shape index (κ2) is 23.4. The molecule has 0 saturated carbocycles. The molecule has 11 heteroatoms. The maximum atomic E-state index is 14.3. The number of ketones is 1. The summed E-state index contributed by atoms with van der Waals surface area (Å²) in [5.74, 6) is 1.94. The zero-order valence-electron chi connectivity index (χ0n) is 41.8. The monoisotopic (exact) mass is 1020 g/mol. The van der Waals surface area contributed by atoms with Crippen LogP contribution in [0.5, 0.6) is 0 Å². The Hall–Kier alpha value is -0.483. The van der Waals surface area contributed by atoms with E-state index in [-0.39, 0.29) is 108 Å². The molecule has 0 spiro atoms. The van der Waals surface area contributed by atoms with E-state index in [1.54, 1.807) is 0 Å². The molecular weight excluding hydrogens is 936 g/mol. The highest BCUT2D eigenvalue weighted by atomic mass is 127. The lowest BCUT2D eigenvalue weighted by molar-refractivity contribution is -0.246. The first-order valence-electron chi connectivity index (χ1n) is 25.6. The van der Waals surface area contributed by atoms with Crippen molar-refractivity contribution in [2.24, 2.45) is 35.5 Å². The van der Waals surface area contributed by atoms with E-state index in [0.717, 1.165) is 95.8 Å². The third kappa shape index (κ3) is 13.4. The van der Waals surface area contributed by atoms with Gasteiger partial charge in [0.15, 0.2) is 14.6 Å². The molecule has 17 atom stereocenters. The average Bonchev–Trinajstić information content (AvgIpc) is 3.74. The molecule has 366 valence electrons.